The fourth-order valence-electron chi connectivity index (χ4n) is 1.11. The third-order valence-electron chi connectivity index (χ3n) is 3.29. The molecule has 0 aromatic carbocycles. The minimum Gasteiger partial charge on any atom is -0.481 e. The van der Waals surface area contributed by atoms with E-state index in [4.69, 9.17) is 10.8 Å². The molecule has 0 bridgehead atoms. The Kier molecular flexibility index (Phi) is 4.89. The van der Waals surface area contributed by atoms with Gasteiger partial charge in [-0.05, 0) is 34.1 Å². The van der Waals surface area contributed by atoms with Crippen molar-refractivity contribution in [3.8, 4) is 0 Å². The van der Waals surface area contributed by atoms with Crippen LogP contribution in [0.4, 0.5) is 0 Å². The fourth-order valence-corrected chi connectivity index (χ4v) is 1.11. The molecule has 0 rings (SSSR count). The predicted octanol–water partition coefficient (Wildman–Crippen LogP) is 0.895. The minimum atomic E-state index is -1.09. The van der Waals surface area contributed by atoms with E-state index in [-0.39, 0.29) is 5.91 Å². The largest absolute Gasteiger partial charge is 0.481 e. The van der Waals surface area contributed by atoms with E-state index in [2.05, 4.69) is 11.9 Å². The molecule has 5 heteroatoms. The number of nitrogens with two attached hydrogens (primary N) is 1. The summed E-state index contributed by atoms with van der Waals surface area (Å²) in [4.78, 5) is 22.9. The molecule has 0 aliphatic carbocycles. The Hall–Kier alpha value is -1.36. The number of nitrogens with one attached hydrogen (secondary N) is 1. The Balaban J connectivity index is 4.82. The van der Waals surface area contributed by atoms with Gasteiger partial charge in [0.2, 0.25) is 5.91 Å². The number of hydrogen-bond donors (Lipinski definition) is 3. The van der Waals surface area contributed by atoms with Gasteiger partial charge < -0.3 is 16.2 Å². The first-order valence-electron chi connectivity index (χ1n) is 5.48. The second-order valence-electron chi connectivity index (χ2n) is 5.18. The highest BCUT2D eigenvalue weighted by Gasteiger charge is 2.44. The molecule has 1 unspecified atom stereocenters. The summed E-state index contributed by atoms with van der Waals surface area (Å²) in [6.45, 7) is 9.96. The zero-order valence-corrected chi connectivity index (χ0v) is 10.9. The lowest BCUT2D eigenvalue weighted by molar-refractivity contribution is -0.151. The van der Waals surface area contributed by atoms with Gasteiger partial charge in [0.25, 0.3) is 0 Å². The summed E-state index contributed by atoms with van der Waals surface area (Å²) in [7, 11) is 0. The smallest absolute Gasteiger partial charge is 0.311 e. The molecule has 0 aliphatic rings. The van der Waals surface area contributed by atoms with Crippen molar-refractivity contribution in [3.05, 3.63) is 12.7 Å². The molecule has 0 fully saturated rings. The maximum absolute atomic E-state index is 11.7. The maximum atomic E-state index is 11.7. The Labute approximate surface area is 102 Å². The van der Waals surface area contributed by atoms with Crippen LogP contribution >= 0.6 is 0 Å². The van der Waals surface area contributed by atoms with E-state index in [1.54, 1.807) is 33.8 Å². The minimum absolute atomic E-state index is 0.357. The van der Waals surface area contributed by atoms with Gasteiger partial charge in [-0.3, -0.25) is 9.59 Å². The van der Waals surface area contributed by atoms with Crippen molar-refractivity contribution in [1.29, 1.82) is 0 Å². The highest BCUT2D eigenvalue weighted by Crippen LogP contribution is 2.30. The van der Waals surface area contributed by atoms with Gasteiger partial charge in [-0.25, -0.2) is 0 Å². The molecule has 1 atom stereocenters. The molecular weight excluding hydrogens is 220 g/mol. The Morgan fingerprint density at radius 1 is 1.41 bits per heavy atom. The van der Waals surface area contributed by atoms with Crippen LogP contribution in [0.3, 0.4) is 0 Å². The Morgan fingerprint density at radius 3 is 2.24 bits per heavy atom. The second kappa shape index (κ2) is 5.31. The second-order valence-corrected chi connectivity index (χ2v) is 5.18. The molecule has 5 nitrogen and oxygen atoms in total. The van der Waals surface area contributed by atoms with Gasteiger partial charge in [0, 0.05) is 0 Å². The van der Waals surface area contributed by atoms with Crippen molar-refractivity contribution in [2.24, 2.45) is 11.1 Å². The van der Waals surface area contributed by atoms with Gasteiger partial charge in [-0.1, -0.05) is 6.08 Å². The Morgan fingerprint density at radius 2 is 1.88 bits per heavy atom. The zero-order valence-electron chi connectivity index (χ0n) is 10.9. The third-order valence-corrected chi connectivity index (χ3v) is 3.29. The van der Waals surface area contributed by atoms with Gasteiger partial charge in [-0.15, -0.1) is 6.58 Å². The van der Waals surface area contributed by atoms with Crippen LogP contribution in [-0.4, -0.2) is 28.6 Å². The molecule has 0 heterocycles. The van der Waals surface area contributed by atoms with E-state index in [9.17, 15) is 9.59 Å². The van der Waals surface area contributed by atoms with Crippen molar-refractivity contribution < 1.29 is 14.7 Å². The Bertz CT molecular complexity index is 322. The molecule has 0 saturated carbocycles. The highest BCUT2D eigenvalue weighted by atomic mass is 16.4. The first kappa shape index (κ1) is 15.6. The maximum Gasteiger partial charge on any atom is 0.311 e. The van der Waals surface area contributed by atoms with E-state index in [1.807, 2.05) is 0 Å². The molecule has 1 amide bonds. The van der Waals surface area contributed by atoms with E-state index < -0.39 is 23.0 Å². The van der Waals surface area contributed by atoms with Crippen molar-refractivity contribution in [2.45, 2.75) is 45.7 Å². The standard InChI is InChI=1S/C12H22N2O3/c1-6-7-8(13)9(15)14-12(4,5)11(2,3)10(16)17/h6,8H,1,7,13H2,2-5H3,(H,14,15)(H,16,17). The summed E-state index contributed by atoms with van der Waals surface area (Å²) in [5.74, 6) is -1.34. The average molecular weight is 242 g/mol. The lowest BCUT2D eigenvalue weighted by Crippen LogP contribution is -2.59. The van der Waals surface area contributed by atoms with Gasteiger partial charge in [0.15, 0.2) is 0 Å². The molecule has 0 saturated heterocycles. The van der Waals surface area contributed by atoms with Crippen LogP contribution in [0.1, 0.15) is 34.1 Å². The lowest BCUT2D eigenvalue weighted by Gasteiger charge is -2.39. The zero-order chi connectivity index (χ0) is 13.9. The van der Waals surface area contributed by atoms with Crippen LogP contribution < -0.4 is 11.1 Å². The molecule has 0 aliphatic heterocycles. The quantitative estimate of drug-likeness (QED) is 0.603. The van der Waals surface area contributed by atoms with Gasteiger partial charge in [0.05, 0.1) is 17.0 Å². The van der Waals surface area contributed by atoms with Gasteiger partial charge >= 0.3 is 5.97 Å². The van der Waals surface area contributed by atoms with Gasteiger partial charge in [0.1, 0.15) is 0 Å². The number of aliphatic carboxylic acids is 1. The molecule has 0 aromatic rings. The summed E-state index contributed by atoms with van der Waals surface area (Å²) >= 11 is 0. The first-order valence-corrected chi connectivity index (χ1v) is 5.48. The lowest BCUT2D eigenvalue weighted by atomic mass is 9.74. The molecule has 0 spiro atoms. The number of carbonyl (C=O) groups excluding carboxylic acids is 1. The van der Waals surface area contributed by atoms with Crippen molar-refractivity contribution >= 4 is 11.9 Å². The van der Waals surface area contributed by atoms with E-state index in [0.717, 1.165) is 0 Å². The normalized spacial score (nSPS) is 13.9. The van der Waals surface area contributed by atoms with Crippen LogP contribution in [0.25, 0.3) is 0 Å². The average Bonchev–Trinajstić information content (AvgIpc) is 2.16. The summed E-state index contributed by atoms with van der Waals surface area (Å²) in [5.41, 5.74) is 3.64. The third kappa shape index (κ3) is 3.56. The van der Waals surface area contributed by atoms with Crippen LogP contribution in [0.15, 0.2) is 12.7 Å². The number of rotatable bonds is 6. The predicted molar refractivity (Wildman–Crippen MR) is 66.4 cm³/mol. The molecule has 17 heavy (non-hydrogen) atoms. The molecule has 0 radical (unpaired) electrons. The summed E-state index contributed by atoms with van der Waals surface area (Å²) < 4.78 is 0. The SMILES string of the molecule is C=CCC(N)C(=O)NC(C)(C)C(C)(C)C(=O)O. The van der Waals surface area contributed by atoms with Gasteiger partial charge in [-0.2, -0.15) is 0 Å². The van der Waals surface area contributed by atoms with Crippen molar-refractivity contribution in [1.82, 2.24) is 5.32 Å². The number of carbonyl (C=O) groups is 2. The fraction of sp³-hybridized carbons (Fsp3) is 0.667. The number of carboxylic acids is 1. The number of carboxylic acid groups (broad SMARTS) is 1. The first-order chi connectivity index (χ1) is 7.56. The topological polar surface area (TPSA) is 92.4 Å². The van der Waals surface area contributed by atoms with E-state index >= 15 is 0 Å². The molecule has 0 aromatic heterocycles. The summed E-state index contributed by atoms with van der Waals surface area (Å²) in [5, 5.41) is 11.8. The molecule has 98 valence electrons. The number of amides is 1. The molecular formula is C12H22N2O3. The van der Waals surface area contributed by atoms with Crippen LogP contribution in [0.5, 0.6) is 0 Å². The van der Waals surface area contributed by atoms with E-state index in [0.29, 0.717) is 6.42 Å². The van der Waals surface area contributed by atoms with Crippen LogP contribution in [0, 0.1) is 5.41 Å². The summed E-state index contributed by atoms with van der Waals surface area (Å²) in [6, 6.07) is -0.698. The monoisotopic (exact) mass is 242 g/mol. The van der Waals surface area contributed by atoms with E-state index in [1.165, 1.54) is 0 Å². The van der Waals surface area contributed by atoms with Crippen molar-refractivity contribution in [3.63, 3.8) is 0 Å². The van der Waals surface area contributed by atoms with Crippen LogP contribution in [0.2, 0.25) is 0 Å². The molecule has 4 N–H and O–H groups in total. The van der Waals surface area contributed by atoms with Crippen LogP contribution in [-0.2, 0) is 9.59 Å². The summed E-state index contributed by atoms with van der Waals surface area (Å²) in [6.07, 6.45) is 1.91. The van der Waals surface area contributed by atoms with Crippen molar-refractivity contribution in [2.75, 3.05) is 0 Å². The highest BCUT2D eigenvalue weighted by molar-refractivity contribution is 5.84. The number of hydrogen-bond acceptors (Lipinski definition) is 3.